The van der Waals surface area contributed by atoms with Crippen LogP contribution < -0.4 is 0 Å². The molecule has 0 spiro atoms. The highest BCUT2D eigenvalue weighted by Gasteiger charge is 2.27. The molecule has 1 heterocycles. The van der Waals surface area contributed by atoms with Crippen LogP contribution in [0.2, 0.25) is 0 Å². The van der Waals surface area contributed by atoms with Crippen LogP contribution in [0.25, 0.3) is 0 Å². The van der Waals surface area contributed by atoms with E-state index in [-0.39, 0.29) is 6.61 Å². The normalized spacial score (nSPS) is 19.2. The Bertz CT molecular complexity index is 458. The van der Waals surface area contributed by atoms with E-state index in [1.807, 2.05) is 18.2 Å². The van der Waals surface area contributed by atoms with Crippen LogP contribution in [0.3, 0.4) is 0 Å². The van der Waals surface area contributed by atoms with E-state index in [1.54, 1.807) is 11.8 Å². The number of carbonyl (C=O) groups excluding carboxylic acids is 2. The molecule has 4 heteroatoms. The quantitative estimate of drug-likeness (QED) is 0.615. The standard InChI is InChI=1S/C16H21NO3/c1-2-20-16(19)15(18)17-11-7-6-10-14(12-17)13-8-4-3-5-9-13/h3-5,8-9,14H,2,6-7,10-12H2,1H3. The summed E-state index contributed by atoms with van der Waals surface area (Å²) in [6.07, 6.45) is 3.07. The second-order valence-electron chi connectivity index (χ2n) is 5.08. The van der Waals surface area contributed by atoms with Gasteiger partial charge in [0.05, 0.1) is 6.61 Å². The van der Waals surface area contributed by atoms with Crippen LogP contribution in [0.4, 0.5) is 0 Å². The van der Waals surface area contributed by atoms with Gasteiger partial charge >= 0.3 is 11.9 Å². The topological polar surface area (TPSA) is 46.6 Å². The first-order chi connectivity index (χ1) is 9.72. The summed E-state index contributed by atoms with van der Waals surface area (Å²) in [4.78, 5) is 25.3. The SMILES string of the molecule is CCOC(=O)C(=O)N1CCCCC(c2ccccc2)C1. The molecule has 0 aliphatic carbocycles. The molecule has 20 heavy (non-hydrogen) atoms. The largest absolute Gasteiger partial charge is 0.459 e. The number of nitrogens with zero attached hydrogens (tertiary/aromatic N) is 1. The van der Waals surface area contributed by atoms with Crippen LogP contribution in [0.5, 0.6) is 0 Å². The molecule has 1 aliphatic rings. The number of carbonyl (C=O) groups is 2. The molecule has 1 fully saturated rings. The second kappa shape index (κ2) is 7.08. The molecule has 1 unspecified atom stereocenters. The summed E-state index contributed by atoms with van der Waals surface area (Å²) >= 11 is 0. The number of esters is 1. The van der Waals surface area contributed by atoms with E-state index in [0.717, 1.165) is 19.3 Å². The highest BCUT2D eigenvalue weighted by atomic mass is 16.5. The molecule has 0 radical (unpaired) electrons. The van der Waals surface area contributed by atoms with E-state index in [9.17, 15) is 9.59 Å². The fourth-order valence-corrected chi connectivity index (χ4v) is 2.65. The van der Waals surface area contributed by atoms with Crippen LogP contribution in [0.15, 0.2) is 30.3 Å². The Morgan fingerprint density at radius 1 is 1.25 bits per heavy atom. The molecule has 1 atom stereocenters. The molecule has 1 aromatic carbocycles. The molecule has 1 aromatic rings. The number of benzene rings is 1. The number of rotatable bonds is 2. The number of amides is 1. The third-order valence-electron chi connectivity index (χ3n) is 3.68. The average Bonchev–Trinajstić information content (AvgIpc) is 2.73. The fraction of sp³-hybridized carbons (Fsp3) is 0.500. The minimum absolute atomic E-state index is 0.237. The Kier molecular flexibility index (Phi) is 5.16. The maximum atomic E-state index is 12.1. The summed E-state index contributed by atoms with van der Waals surface area (Å²) in [5, 5.41) is 0. The van der Waals surface area contributed by atoms with Crippen molar-refractivity contribution in [1.82, 2.24) is 4.90 Å². The lowest BCUT2D eigenvalue weighted by Crippen LogP contribution is -2.39. The first kappa shape index (κ1) is 14.6. The van der Waals surface area contributed by atoms with Crippen molar-refractivity contribution in [2.24, 2.45) is 0 Å². The van der Waals surface area contributed by atoms with Crippen molar-refractivity contribution >= 4 is 11.9 Å². The van der Waals surface area contributed by atoms with Crippen LogP contribution in [-0.4, -0.2) is 36.5 Å². The Morgan fingerprint density at radius 3 is 2.70 bits per heavy atom. The molecule has 0 bridgehead atoms. The summed E-state index contributed by atoms with van der Waals surface area (Å²) in [7, 11) is 0. The number of likely N-dealkylation sites (tertiary alicyclic amines) is 1. The lowest BCUT2D eigenvalue weighted by Gasteiger charge is -2.23. The minimum atomic E-state index is -0.735. The molecule has 0 saturated carbocycles. The van der Waals surface area contributed by atoms with E-state index < -0.39 is 11.9 Å². The van der Waals surface area contributed by atoms with Crippen molar-refractivity contribution in [3.63, 3.8) is 0 Å². The lowest BCUT2D eigenvalue weighted by molar-refractivity contribution is -0.159. The zero-order chi connectivity index (χ0) is 14.4. The van der Waals surface area contributed by atoms with Gasteiger partial charge in [-0.3, -0.25) is 4.79 Å². The van der Waals surface area contributed by atoms with Gasteiger partial charge in [-0.05, 0) is 25.3 Å². The Labute approximate surface area is 119 Å². The van der Waals surface area contributed by atoms with E-state index in [4.69, 9.17) is 4.74 Å². The van der Waals surface area contributed by atoms with Crippen molar-refractivity contribution in [1.29, 1.82) is 0 Å². The smallest absolute Gasteiger partial charge is 0.397 e. The molecular weight excluding hydrogens is 254 g/mol. The van der Waals surface area contributed by atoms with Gasteiger partial charge in [-0.25, -0.2) is 4.79 Å². The van der Waals surface area contributed by atoms with Crippen molar-refractivity contribution in [3.8, 4) is 0 Å². The summed E-state index contributed by atoms with van der Waals surface area (Å²) < 4.78 is 4.81. The van der Waals surface area contributed by atoms with Gasteiger partial charge in [0.2, 0.25) is 0 Å². The van der Waals surface area contributed by atoms with Crippen molar-refractivity contribution < 1.29 is 14.3 Å². The van der Waals surface area contributed by atoms with Crippen LogP contribution in [0, 0.1) is 0 Å². The highest BCUT2D eigenvalue weighted by Crippen LogP contribution is 2.26. The maximum Gasteiger partial charge on any atom is 0.397 e. The molecule has 1 aliphatic heterocycles. The predicted octanol–water partition coefficient (Wildman–Crippen LogP) is 2.35. The van der Waals surface area contributed by atoms with Gasteiger partial charge in [-0.1, -0.05) is 36.8 Å². The van der Waals surface area contributed by atoms with Gasteiger partial charge in [0, 0.05) is 19.0 Å². The second-order valence-corrected chi connectivity index (χ2v) is 5.08. The van der Waals surface area contributed by atoms with Gasteiger partial charge in [-0.15, -0.1) is 0 Å². The zero-order valence-corrected chi connectivity index (χ0v) is 11.9. The number of ether oxygens (including phenoxy) is 1. The Hall–Kier alpha value is -1.84. The molecule has 4 nitrogen and oxygen atoms in total. The van der Waals surface area contributed by atoms with Crippen molar-refractivity contribution in [2.75, 3.05) is 19.7 Å². The molecule has 1 saturated heterocycles. The van der Waals surface area contributed by atoms with Gasteiger partial charge in [0.15, 0.2) is 0 Å². The van der Waals surface area contributed by atoms with Gasteiger partial charge in [0.25, 0.3) is 0 Å². The Balaban J connectivity index is 2.07. The van der Waals surface area contributed by atoms with E-state index in [0.29, 0.717) is 19.0 Å². The lowest BCUT2D eigenvalue weighted by atomic mass is 9.94. The monoisotopic (exact) mass is 275 g/mol. The number of hydrogen-bond acceptors (Lipinski definition) is 3. The van der Waals surface area contributed by atoms with Crippen LogP contribution >= 0.6 is 0 Å². The van der Waals surface area contributed by atoms with Crippen LogP contribution in [-0.2, 0) is 14.3 Å². The van der Waals surface area contributed by atoms with E-state index >= 15 is 0 Å². The predicted molar refractivity (Wildman–Crippen MR) is 76.2 cm³/mol. The molecule has 1 amide bonds. The molecule has 2 rings (SSSR count). The van der Waals surface area contributed by atoms with Crippen molar-refractivity contribution in [2.45, 2.75) is 32.1 Å². The molecular formula is C16H21NO3. The van der Waals surface area contributed by atoms with Gasteiger partial charge in [-0.2, -0.15) is 0 Å². The maximum absolute atomic E-state index is 12.1. The minimum Gasteiger partial charge on any atom is -0.459 e. The van der Waals surface area contributed by atoms with E-state index in [2.05, 4.69) is 12.1 Å². The van der Waals surface area contributed by atoms with Gasteiger partial charge in [0.1, 0.15) is 0 Å². The first-order valence-electron chi connectivity index (χ1n) is 7.23. The third kappa shape index (κ3) is 3.59. The summed E-state index contributed by atoms with van der Waals surface area (Å²) in [5.74, 6) is -0.937. The molecule has 0 N–H and O–H groups in total. The molecule has 108 valence electrons. The number of hydrogen-bond donors (Lipinski definition) is 0. The van der Waals surface area contributed by atoms with Crippen LogP contribution in [0.1, 0.15) is 37.7 Å². The zero-order valence-electron chi connectivity index (χ0n) is 11.9. The van der Waals surface area contributed by atoms with Crippen molar-refractivity contribution in [3.05, 3.63) is 35.9 Å². The fourth-order valence-electron chi connectivity index (χ4n) is 2.65. The average molecular weight is 275 g/mol. The highest BCUT2D eigenvalue weighted by molar-refractivity contribution is 6.32. The third-order valence-corrected chi connectivity index (χ3v) is 3.68. The summed E-state index contributed by atoms with van der Waals surface area (Å²) in [6, 6.07) is 10.2. The Morgan fingerprint density at radius 2 is 2.00 bits per heavy atom. The summed E-state index contributed by atoms with van der Waals surface area (Å²) in [5.41, 5.74) is 1.23. The van der Waals surface area contributed by atoms with E-state index in [1.165, 1.54) is 5.56 Å². The first-order valence-corrected chi connectivity index (χ1v) is 7.23. The molecule has 0 aromatic heterocycles. The summed E-state index contributed by atoms with van der Waals surface area (Å²) in [6.45, 7) is 3.18. The van der Waals surface area contributed by atoms with Gasteiger partial charge < -0.3 is 9.64 Å².